The largest absolute Gasteiger partial charge is 0.359 e. The van der Waals surface area contributed by atoms with E-state index < -0.39 is 10.0 Å². The number of rotatable bonds is 7. The van der Waals surface area contributed by atoms with Gasteiger partial charge in [0.25, 0.3) is 0 Å². The van der Waals surface area contributed by atoms with Gasteiger partial charge in [-0.1, -0.05) is 12.1 Å². The van der Waals surface area contributed by atoms with E-state index in [-0.39, 0.29) is 12.4 Å². The van der Waals surface area contributed by atoms with Crippen molar-refractivity contribution in [3.05, 3.63) is 71.8 Å². The lowest BCUT2D eigenvalue weighted by Gasteiger charge is -2.10. The molecule has 0 unspecified atom stereocenters. The third-order valence-electron chi connectivity index (χ3n) is 4.51. The van der Waals surface area contributed by atoms with E-state index in [1.807, 2.05) is 25.1 Å². The fourth-order valence-electron chi connectivity index (χ4n) is 3.13. The molecule has 8 nitrogen and oxygen atoms in total. The van der Waals surface area contributed by atoms with Gasteiger partial charge in [0.2, 0.25) is 16.0 Å². The number of benzene rings is 2. The first kappa shape index (κ1) is 20.8. The second kappa shape index (κ2) is 8.32. The van der Waals surface area contributed by atoms with Crippen LogP contribution in [0.5, 0.6) is 0 Å². The van der Waals surface area contributed by atoms with Crippen molar-refractivity contribution < 1.29 is 12.8 Å². The molecule has 0 bridgehead atoms. The van der Waals surface area contributed by atoms with Gasteiger partial charge in [-0.05, 0) is 48.9 Å². The SMILES string of the molecule is Cc1cc2c(F)c(Nc3ccnc(Nc4cccc(CNS(C)(=O)=O)c4)n3)ccc2[nH]1. The van der Waals surface area contributed by atoms with E-state index >= 15 is 0 Å². The molecule has 0 aliphatic heterocycles. The Morgan fingerprint density at radius 2 is 1.94 bits per heavy atom. The molecule has 31 heavy (non-hydrogen) atoms. The number of H-pyrrole nitrogens is 1. The molecule has 0 fully saturated rings. The Hall–Kier alpha value is -3.50. The maximum Gasteiger partial charge on any atom is 0.229 e. The first-order valence-electron chi connectivity index (χ1n) is 9.45. The molecule has 0 radical (unpaired) electrons. The number of sulfonamides is 1. The summed E-state index contributed by atoms with van der Waals surface area (Å²) in [4.78, 5) is 11.7. The van der Waals surface area contributed by atoms with E-state index in [0.29, 0.717) is 28.5 Å². The van der Waals surface area contributed by atoms with Crippen molar-refractivity contribution >= 4 is 44.1 Å². The number of aromatic nitrogens is 3. The van der Waals surface area contributed by atoms with Crippen LogP contribution in [-0.2, 0) is 16.6 Å². The van der Waals surface area contributed by atoms with Crippen molar-refractivity contribution in [1.82, 2.24) is 19.7 Å². The maximum absolute atomic E-state index is 14.8. The molecular formula is C21H21FN6O2S. The molecule has 2 aromatic carbocycles. The van der Waals surface area contributed by atoms with E-state index in [1.165, 1.54) is 0 Å². The summed E-state index contributed by atoms with van der Waals surface area (Å²) < 4.78 is 39.8. The molecule has 4 rings (SSSR count). The Morgan fingerprint density at radius 3 is 2.74 bits per heavy atom. The van der Waals surface area contributed by atoms with Crippen LogP contribution in [-0.4, -0.2) is 29.6 Å². The van der Waals surface area contributed by atoms with Gasteiger partial charge >= 0.3 is 0 Å². The van der Waals surface area contributed by atoms with Crippen molar-refractivity contribution in [2.24, 2.45) is 0 Å². The number of aryl methyl sites for hydroxylation is 1. The first-order chi connectivity index (χ1) is 14.8. The Labute approximate surface area is 179 Å². The van der Waals surface area contributed by atoms with Gasteiger partial charge in [0.05, 0.1) is 11.9 Å². The summed E-state index contributed by atoms with van der Waals surface area (Å²) in [5.74, 6) is 0.385. The zero-order valence-electron chi connectivity index (χ0n) is 16.9. The third-order valence-corrected chi connectivity index (χ3v) is 5.18. The lowest BCUT2D eigenvalue weighted by Crippen LogP contribution is -2.21. The van der Waals surface area contributed by atoms with Gasteiger partial charge < -0.3 is 15.6 Å². The van der Waals surface area contributed by atoms with Crippen LogP contribution < -0.4 is 15.4 Å². The van der Waals surface area contributed by atoms with Gasteiger partial charge in [0, 0.05) is 35.0 Å². The Morgan fingerprint density at radius 1 is 1.10 bits per heavy atom. The molecular weight excluding hydrogens is 419 g/mol. The van der Waals surface area contributed by atoms with Crippen LogP contribution in [0.25, 0.3) is 10.9 Å². The van der Waals surface area contributed by atoms with Crippen molar-refractivity contribution in [1.29, 1.82) is 0 Å². The highest BCUT2D eigenvalue weighted by Gasteiger charge is 2.11. The number of anilines is 4. The molecule has 160 valence electrons. The Bertz CT molecular complexity index is 1350. The second-order valence-corrected chi connectivity index (χ2v) is 8.98. The quantitative estimate of drug-likeness (QED) is 0.346. The van der Waals surface area contributed by atoms with E-state index in [1.54, 1.807) is 36.5 Å². The average Bonchev–Trinajstić information content (AvgIpc) is 3.10. The van der Waals surface area contributed by atoms with E-state index in [4.69, 9.17) is 0 Å². The van der Waals surface area contributed by atoms with Gasteiger partial charge in [0.15, 0.2) is 5.82 Å². The van der Waals surface area contributed by atoms with Crippen molar-refractivity contribution in [3.63, 3.8) is 0 Å². The van der Waals surface area contributed by atoms with E-state index in [9.17, 15) is 12.8 Å². The standard InChI is InChI=1S/C21H21FN6O2S/c1-13-10-16-17(25-13)6-7-18(20(16)22)27-19-8-9-23-21(28-19)26-15-5-3-4-14(11-15)12-24-31(2,29)30/h3-11,24-25H,12H2,1-2H3,(H2,23,26,27,28). The Kier molecular flexibility index (Phi) is 5.57. The van der Waals surface area contributed by atoms with E-state index in [2.05, 4.69) is 30.3 Å². The summed E-state index contributed by atoms with van der Waals surface area (Å²) in [5, 5.41) is 6.58. The molecule has 0 atom stereocenters. The average molecular weight is 441 g/mol. The predicted octanol–water partition coefficient (Wildman–Crippen LogP) is 3.94. The summed E-state index contributed by atoms with van der Waals surface area (Å²) >= 11 is 0. The zero-order valence-corrected chi connectivity index (χ0v) is 17.7. The molecule has 0 amide bonds. The zero-order chi connectivity index (χ0) is 22.0. The number of hydrogen-bond donors (Lipinski definition) is 4. The lowest BCUT2D eigenvalue weighted by molar-refractivity contribution is 0.587. The van der Waals surface area contributed by atoms with Crippen molar-refractivity contribution in [2.75, 3.05) is 16.9 Å². The topological polar surface area (TPSA) is 112 Å². The minimum atomic E-state index is -3.28. The van der Waals surface area contributed by atoms with Crippen LogP contribution in [0.15, 0.2) is 54.7 Å². The monoisotopic (exact) mass is 440 g/mol. The van der Waals surface area contributed by atoms with Crippen LogP contribution in [0, 0.1) is 12.7 Å². The molecule has 4 N–H and O–H groups in total. The maximum atomic E-state index is 14.8. The minimum Gasteiger partial charge on any atom is -0.359 e. The summed E-state index contributed by atoms with van der Waals surface area (Å²) in [6.07, 6.45) is 2.67. The van der Waals surface area contributed by atoms with Crippen LogP contribution in [0.2, 0.25) is 0 Å². The highest BCUT2D eigenvalue weighted by Crippen LogP contribution is 2.27. The summed E-state index contributed by atoms with van der Waals surface area (Å²) in [6.45, 7) is 2.05. The minimum absolute atomic E-state index is 0.178. The molecule has 2 heterocycles. The van der Waals surface area contributed by atoms with Gasteiger partial charge in [0.1, 0.15) is 5.82 Å². The fourth-order valence-corrected chi connectivity index (χ4v) is 3.56. The van der Waals surface area contributed by atoms with Crippen LogP contribution in [0.3, 0.4) is 0 Å². The number of nitrogens with zero attached hydrogens (tertiary/aromatic N) is 2. The van der Waals surface area contributed by atoms with Crippen LogP contribution in [0.4, 0.5) is 27.5 Å². The molecule has 4 aromatic rings. The van der Waals surface area contributed by atoms with Gasteiger partial charge in [-0.15, -0.1) is 0 Å². The highest BCUT2D eigenvalue weighted by atomic mass is 32.2. The number of nitrogens with one attached hydrogen (secondary N) is 4. The first-order valence-corrected chi connectivity index (χ1v) is 11.3. The number of aromatic amines is 1. The number of fused-ring (bicyclic) bond motifs is 1. The molecule has 2 aromatic heterocycles. The molecule has 0 aliphatic carbocycles. The summed E-state index contributed by atoms with van der Waals surface area (Å²) in [7, 11) is -3.28. The smallest absolute Gasteiger partial charge is 0.229 e. The molecule has 0 aliphatic rings. The summed E-state index contributed by atoms with van der Waals surface area (Å²) in [5.41, 5.74) is 3.40. The highest BCUT2D eigenvalue weighted by molar-refractivity contribution is 7.88. The lowest BCUT2D eigenvalue weighted by atomic mass is 10.2. The summed E-state index contributed by atoms with van der Waals surface area (Å²) in [6, 6.07) is 14.1. The predicted molar refractivity (Wildman–Crippen MR) is 120 cm³/mol. The van der Waals surface area contributed by atoms with Crippen molar-refractivity contribution in [2.45, 2.75) is 13.5 Å². The molecule has 0 saturated carbocycles. The Balaban J connectivity index is 1.51. The van der Waals surface area contributed by atoms with Crippen LogP contribution >= 0.6 is 0 Å². The molecule has 0 saturated heterocycles. The van der Waals surface area contributed by atoms with Crippen LogP contribution in [0.1, 0.15) is 11.3 Å². The number of halogens is 1. The van der Waals surface area contributed by atoms with Gasteiger partial charge in [-0.25, -0.2) is 22.5 Å². The van der Waals surface area contributed by atoms with Crippen molar-refractivity contribution in [3.8, 4) is 0 Å². The van der Waals surface area contributed by atoms with Gasteiger partial charge in [-0.2, -0.15) is 4.98 Å². The van der Waals surface area contributed by atoms with E-state index in [0.717, 1.165) is 23.0 Å². The third kappa shape index (κ3) is 5.16. The van der Waals surface area contributed by atoms with Gasteiger partial charge in [-0.3, -0.25) is 0 Å². The fraction of sp³-hybridized carbons (Fsp3) is 0.143. The normalized spacial score (nSPS) is 11.6. The number of hydrogen-bond acceptors (Lipinski definition) is 6. The molecule has 10 heteroatoms. The molecule has 0 spiro atoms. The second-order valence-electron chi connectivity index (χ2n) is 7.15.